The maximum Gasteiger partial charge on any atom is 0.311 e. The van der Waals surface area contributed by atoms with Crippen LogP contribution < -0.4 is 9.47 Å². The molecule has 0 radical (unpaired) electrons. The van der Waals surface area contributed by atoms with Crippen molar-refractivity contribution < 1.29 is 14.3 Å². The molecule has 5 heteroatoms. The zero-order valence-electron chi connectivity index (χ0n) is 21.8. The summed E-state index contributed by atoms with van der Waals surface area (Å²) in [5.41, 5.74) is 0.829. The molecule has 5 nitrogen and oxygen atoms in total. The van der Waals surface area contributed by atoms with E-state index in [-0.39, 0.29) is 11.4 Å². The van der Waals surface area contributed by atoms with Crippen LogP contribution in [0.1, 0.15) is 105 Å². The molecular weight excluding hydrogens is 424 g/mol. The Morgan fingerprint density at radius 2 is 1.38 bits per heavy atom. The molecule has 1 aromatic carbocycles. The summed E-state index contributed by atoms with van der Waals surface area (Å²) in [5.74, 6) is 1.68. The predicted octanol–water partition coefficient (Wildman–Crippen LogP) is 8.18. The lowest BCUT2D eigenvalue weighted by molar-refractivity contribution is -0.136. The van der Waals surface area contributed by atoms with Crippen LogP contribution in [0.3, 0.4) is 0 Å². The molecule has 188 valence electrons. The summed E-state index contributed by atoms with van der Waals surface area (Å²) < 4.78 is 11.3. The minimum atomic E-state index is -0.184. The van der Waals surface area contributed by atoms with Crippen LogP contribution in [0, 0.1) is 5.41 Å². The van der Waals surface area contributed by atoms with Crippen molar-refractivity contribution >= 4 is 5.97 Å². The van der Waals surface area contributed by atoms with Crippen LogP contribution in [0.15, 0.2) is 36.7 Å². The summed E-state index contributed by atoms with van der Waals surface area (Å²) in [6.07, 6.45) is 17.2. The smallest absolute Gasteiger partial charge is 0.311 e. The molecular formula is C29H44N2O3. The SMILES string of the molecule is CCCCCCCCOc1cnc(-c2ccc(OC(=O)CC(C)(C)CCCCCC)cc2)nc1. The Hall–Kier alpha value is -2.43. The van der Waals surface area contributed by atoms with Gasteiger partial charge in [-0.15, -0.1) is 0 Å². The Bertz CT molecular complexity index is 816. The average molecular weight is 469 g/mol. The quantitative estimate of drug-likeness (QED) is 0.133. The number of unbranched alkanes of at least 4 members (excludes halogenated alkanes) is 8. The fourth-order valence-electron chi connectivity index (χ4n) is 3.96. The van der Waals surface area contributed by atoms with Crippen molar-refractivity contribution in [3.05, 3.63) is 36.7 Å². The van der Waals surface area contributed by atoms with Crippen molar-refractivity contribution in [1.29, 1.82) is 0 Å². The van der Waals surface area contributed by atoms with Gasteiger partial charge in [0.25, 0.3) is 0 Å². The molecule has 0 aliphatic carbocycles. The standard InChI is InChI=1S/C29H44N2O3/c1-5-7-9-11-12-14-20-33-26-22-30-28(31-23-26)24-15-17-25(18-16-24)34-27(32)21-29(3,4)19-13-10-8-6-2/h15-18,22-23H,5-14,19-21H2,1-4H3. The van der Waals surface area contributed by atoms with Gasteiger partial charge in [0, 0.05) is 5.56 Å². The Labute approximate surface area is 206 Å². The molecule has 1 heterocycles. The number of ether oxygens (including phenoxy) is 2. The van der Waals surface area contributed by atoms with Gasteiger partial charge in [-0.05, 0) is 42.5 Å². The fraction of sp³-hybridized carbons (Fsp3) is 0.621. The topological polar surface area (TPSA) is 61.3 Å². The summed E-state index contributed by atoms with van der Waals surface area (Å²) in [4.78, 5) is 21.3. The Balaban J connectivity index is 1.76. The third-order valence-electron chi connectivity index (χ3n) is 6.07. The number of rotatable bonds is 17. The lowest BCUT2D eigenvalue weighted by Gasteiger charge is -2.23. The van der Waals surface area contributed by atoms with Gasteiger partial charge >= 0.3 is 5.97 Å². The summed E-state index contributed by atoms with van der Waals surface area (Å²) in [5, 5.41) is 0. The molecule has 2 aromatic rings. The number of benzene rings is 1. The molecule has 2 rings (SSSR count). The molecule has 0 bridgehead atoms. The average Bonchev–Trinajstić information content (AvgIpc) is 2.82. The van der Waals surface area contributed by atoms with Crippen LogP contribution in [-0.2, 0) is 4.79 Å². The molecule has 0 atom stereocenters. The van der Waals surface area contributed by atoms with E-state index >= 15 is 0 Å². The maximum absolute atomic E-state index is 12.4. The monoisotopic (exact) mass is 468 g/mol. The maximum atomic E-state index is 12.4. The van der Waals surface area contributed by atoms with Gasteiger partial charge in [-0.2, -0.15) is 0 Å². The van der Waals surface area contributed by atoms with Crippen LogP contribution in [0.25, 0.3) is 11.4 Å². The van der Waals surface area contributed by atoms with E-state index in [1.165, 1.54) is 51.4 Å². The molecule has 0 saturated heterocycles. The summed E-state index contributed by atoms with van der Waals surface area (Å²) in [6, 6.07) is 7.36. The van der Waals surface area contributed by atoms with Gasteiger partial charge in [-0.1, -0.05) is 85.5 Å². The molecule has 34 heavy (non-hydrogen) atoms. The van der Waals surface area contributed by atoms with E-state index < -0.39 is 0 Å². The molecule has 0 aliphatic rings. The first kappa shape index (κ1) is 27.8. The van der Waals surface area contributed by atoms with Crippen molar-refractivity contribution in [2.24, 2.45) is 5.41 Å². The van der Waals surface area contributed by atoms with Crippen LogP contribution in [0.4, 0.5) is 0 Å². The zero-order chi connectivity index (χ0) is 24.7. The van der Waals surface area contributed by atoms with E-state index in [4.69, 9.17) is 9.47 Å². The first-order valence-electron chi connectivity index (χ1n) is 13.2. The van der Waals surface area contributed by atoms with Crippen molar-refractivity contribution in [2.75, 3.05) is 6.61 Å². The van der Waals surface area contributed by atoms with Crippen LogP contribution in [0.2, 0.25) is 0 Å². The third-order valence-corrected chi connectivity index (χ3v) is 6.07. The molecule has 0 amide bonds. The molecule has 0 N–H and O–H groups in total. The second kappa shape index (κ2) is 15.5. The summed E-state index contributed by atoms with van der Waals surface area (Å²) in [6.45, 7) is 9.42. The molecule has 0 unspecified atom stereocenters. The second-order valence-corrected chi connectivity index (χ2v) is 10.0. The minimum absolute atomic E-state index is 0.0442. The van der Waals surface area contributed by atoms with Crippen molar-refractivity contribution in [3.8, 4) is 22.9 Å². The lowest BCUT2D eigenvalue weighted by atomic mass is 9.83. The van der Waals surface area contributed by atoms with Crippen molar-refractivity contribution in [3.63, 3.8) is 0 Å². The van der Waals surface area contributed by atoms with E-state index in [1.54, 1.807) is 24.5 Å². The van der Waals surface area contributed by atoms with E-state index in [0.29, 0.717) is 30.4 Å². The molecule has 1 aromatic heterocycles. The highest BCUT2D eigenvalue weighted by atomic mass is 16.5. The second-order valence-electron chi connectivity index (χ2n) is 10.0. The van der Waals surface area contributed by atoms with Crippen LogP contribution in [-0.4, -0.2) is 22.5 Å². The Morgan fingerprint density at radius 3 is 2.03 bits per heavy atom. The number of hydrogen-bond acceptors (Lipinski definition) is 5. The highest BCUT2D eigenvalue weighted by Crippen LogP contribution is 2.29. The van der Waals surface area contributed by atoms with Gasteiger partial charge in [-0.25, -0.2) is 9.97 Å². The van der Waals surface area contributed by atoms with Crippen LogP contribution >= 0.6 is 0 Å². The van der Waals surface area contributed by atoms with Crippen molar-refractivity contribution in [2.45, 2.75) is 105 Å². The number of nitrogens with zero attached hydrogens (tertiary/aromatic N) is 2. The van der Waals surface area contributed by atoms with Gasteiger partial charge in [0.15, 0.2) is 11.6 Å². The largest absolute Gasteiger partial charge is 0.490 e. The predicted molar refractivity (Wildman–Crippen MR) is 139 cm³/mol. The van der Waals surface area contributed by atoms with Gasteiger partial charge < -0.3 is 9.47 Å². The first-order chi connectivity index (χ1) is 16.4. The molecule has 0 saturated carbocycles. The van der Waals surface area contributed by atoms with E-state index in [0.717, 1.165) is 24.8 Å². The number of esters is 1. The first-order valence-corrected chi connectivity index (χ1v) is 13.2. The van der Waals surface area contributed by atoms with Gasteiger partial charge in [0.2, 0.25) is 0 Å². The number of carbonyl (C=O) groups excluding carboxylic acids is 1. The minimum Gasteiger partial charge on any atom is -0.490 e. The molecule has 0 spiro atoms. The van der Waals surface area contributed by atoms with E-state index in [2.05, 4.69) is 37.7 Å². The zero-order valence-corrected chi connectivity index (χ0v) is 21.8. The normalized spacial score (nSPS) is 11.4. The lowest BCUT2D eigenvalue weighted by Crippen LogP contribution is -2.20. The fourth-order valence-corrected chi connectivity index (χ4v) is 3.96. The summed E-state index contributed by atoms with van der Waals surface area (Å²) in [7, 11) is 0. The number of hydrogen-bond donors (Lipinski definition) is 0. The van der Waals surface area contributed by atoms with Gasteiger partial charge in [0.05, 0.1) is 25.4 Å². The summed E-state index contributed by atoms with van der Waals surface area (Å²) >= 11 is 0. The van der Waals surface area contributed by atoms with E-state index in [9.17, 15) is 4.79 Å². The highest BCUT2D eigenvalue weighted by molar-refractivity contribution is 5.73. The van der Waals surface area contributed by atoms with Crippen molar-refractivity contribution in [1.82, 2.24) is 9.97 Å². The Morgan fingerprint density at radius 1 is 0.794 bits per heavy atom. The molecule has 0 fully saturated rings. The van der Waals surface area contributed by atoms with Crippen LogP contribution in [0.5, 0.6) is 11.5 Å². The highest BCUT2D eigenvalue weighted by Gasteiger charge is 2.23. The van der Waals surface area contributed by atoms with Gasteiger partial charge in [0.1, 0.15) is 5.75 Å². The number of carbonyl (C=O) groups is 1. The Kier molecular flexibility index (Phi) is 12.7. The third kappa shape index (κ3) is 11.1. The van der Waals surface area contributed by atoms with E-state index in [1.807, 2.05) is 12.1 Å². The van der Waals surface area contributed by atoms with Gasteiger partial charge in [-0.3, -0.25) is 4.79 Å². The number of aromatic nitrogens is 2. The molecule has 0 aliphatic heterocycles.